The standard InChI is InChI=1S/C25H25BrN2O3/c1-17-9-10-21(18(2)11-17)14-24(29)28-27-15-20-12-22(26)25(23(13-20)30-3)31-16-19-7-5-4-6-8-19/h4-13,15H,14,16H2,1-3H3,(H,28,29)/b27-15-. The monoisotopic (exact) mass is 480 g/mol. The highest BCUT2D eigenvalue weighted by Crippen LogP contribution is 2.36. The van der Waals surface area contributed by atoms with Crippen LogP contribution < -0.4 is 14.9 Å². The minimum absolute atomic E-state index is 0.169. The molecule has 3 aromatic carbocycles. The van der Waals surface area contributed by atoms with E-state index in [0.29, 0.717) is 18.1 Å². The van der Waals surface area contributed by atoms with Gasteiger partial charge >= 0.3 is 0 Å². The first-order valence-corrected chi connectivity index (χ1v) is 10.7. The van der Waals surface area contributed by atoms with Gasteiger partial charge in [-0.3, -0.25) is 4.79 Å². The maximum absolute atomic E-state index is 12.2. The molecule has 0 unspecified atom stereocenters. The van der Waals surface area contributed by atoms with E-state index in [1.165, 1.54) is 5.56 Å². The summed E-state index contributed by atoms with van der Waals surface area (Å²) in [6, 6.07) is 19.6. The fourth-order valence-electron chi connectivity index (χ4n) is 3.12. The van der Waals surface area contributed by atoms with Gasteiger partial charge < -0.3 is 9.47 Å². The van der Waals surface area contributed by atoms with Crippen LogP contribution in [0.3, 0.4) is 0 Å². The van der Waals surface area contributed by atoms with Crippen molar-refractivity contribution in [1.29, 1.82) is 0 Å². The number of ether oxygens (including phenoxy) is 2. The minimum Gasteiger partial charge on any atom is -0.493 e. The summed E-state index contributed by atoms with van der Waals surface area (Å²) in [6.45, 7) is 4.47. The maximum atomic E-state index is 12.2. The highest BCUT2D eigenvalue weighted by atomic mass is 79.9. The van der Waals surface area contributed by atoms with Crippen molar-refractivity contribution in [2.75, 3.05) is 7.11 Å². The average Bonchev–Trinajstić information content (AvgIpc) is 2.75. The van der Waals surface area contributed by atoms with E-state index in [1.54, 1.807) is 13.3 Å². The van der Waals surface area contributed by atoms with E-state index in [-0.39, 0.29) is 12.3 Å². The Morgan fingerprint density at radius 2 is 1.87 bits per heavy atom. The SMILES string of the molecule is COc1cc(/C=N\NC(=O)Cc2ccc(C)cc2C)cc(Br)c1OCc1ccccc1. The zero-order valence-electron chi connectivity index (χ0n) is 17.8. The predicted molar refractivity (Wildman–Crippen MR) is 127 cm³/mol. The summed E-state index contributed by atoms with van der Waals surface area (Å²) < 4.78 is 12.2. The second-order valence-corrected chi connectivity index (χ2v) is 8.06. The van der Waals surface area contributed by atoms with Crippen molar-refractivity contribution >= 4 is 28.1 Å². The van der Waals surface area contributed by atoms with Crippen LogP contribution in [0.15, 0.2) is 70.2 Å². The van der Waals surface area contributed by atoms with Crippen LogP contribution in [-0.4, -0.2) is 19.2 Å². The van der Waals surface area contributed by atoms with Crippen molar-refractivity contribution in [1.82, 2.24) is 5.43 Å². The highest BCUT2D eigenvalue weighted by Gasteiger charge is 2.12. The van der Waals surface area contributed by atoms with Crippen molar-refractivity contribution in [2.24, 2.45) is 5.10 Å². The number of amides is 1. The molecule has 31 heavy (non-hydrogen) atoms. The van der Waals surface area contributed by atoms with Crippen LogP contribution in [0.5, 0.6) is 11.5 Å². The number of carbonyl (C=O) groups is 1. The number of methoxy groups -OCH3 is 1. The molecule has 0 spiro atoms. The lowest BCUT2D eigenvalue weighted by molar-refractivity contribution is -0.120. The topological polar surface area (TPSA) is 59.9 Å². The Balaban J connectivity index is 1.63. The van der Waals surface area contributed by atoms with Crippen molar-refractivity contribution in [2.45, 2.75) is 26.9 Å². The van der Waals surface area contributed by atoms with Gasteiger partial charge in [0.2, 0.25) is 5.91 Å². The Bertz CT molecular complexity index is 1080. The number of hydrogen-bond donors (Lipinski definition) is 1. The van der Waals surface area contributed by atoms with E-state index < -0.39 is 0 Å². The molecule has 160 valence electrons. The molecular formula is C25H25BrN2O3. The Kier molecular flexibility index (Phi) is 7.84. The molecule has 3 rings (SSSR count). The quantitative estimate of drug-likeness (QED) is 0.349. The van der Waals surface area contributed by atoms with E-state index in [0.717, 1.165) is 26.7 Å². The van der Waals surface area contributed by atoms with Crippen LogP contribution in [0, 0.1) is 13.8 Å². The third-order valence-electron chi connectivity index (χ3n) is 4.73. The predicted octanol–water partition coefficient (Wildman–Crippen LogP) is 5.35. The molecule has 0 fully saturated rings. The van der Waals surface area contributed by atoms with Crippen LogP contribution in [0.1, 0.15) is 27.8 Å². The summed E-state index contributed by atoms with van der Waals surface area (Å²) in [5, 5.41) is 4.08. The first-order valence-electron chi connectivity index (χ1n) is 9.88. The molecule has 0 heterocycles. The summed E-state index contributed by atoms with van der Waals surface area (Å²) in [6.07, 6.45) is 1.86. The van der Waals surface area contributed by atoms with Gasteiger partial charge in [0.15, 0.2) is 11.5 Å². The van der Waals surface area contributed by atoms with Gasteiger partial charge in [-0.25, -0.2) is 5.43 Å². The summed E-state index contributed by atoms with van der Waals surface area (Å²) in [4.78, 5) is 12.2. The Morgan fingerprint density at radius 3 is 2.58 bits per heavy atom. The van der Waals surface area contributed by atoms with Crippen molar-refractivity contribution in [3.05, 3.63) is 93.0 Å². The lowest BCUT2D eigenvalue weighted by atomic mass is 10.0. The van der Waals surface area contributed by atoms with Crippen LogP contribution in [0.25, 0.3) is 0 Å². The van der Waals surface area contributed by atoms with Gasteiger partial charge in [0.1, 0.15) is 6.61 Å². The number of halogens is 1. The molecule has 1 amide bonds. The molecule has 0 saturated heterocycles. The number of nitrogens with zero attached hydrogens (tertiary/aromatic N) is 1. The summed E-state index contributed by atoms with van der Waals surface area (Å²) in [5.41, 5.74) is 7.67. The molecule has 0 radical (unpaired) electrons. The molecule has 0 atom stereocenters. The number of hydrogen-bond acceptors (Lipinski definition) is 4. The molecule has 1 N–H and O–H groups in total. The first-order chi connectivity index (χ1) is 15.0. The molecule has 0 saturated carbocycles. The van der Waals surface area contributed by atoms with Gasteiger partial charge in [0.05, 0.1) is 24.2 Å². The van der Waals surface area contributed by atoms with E-state index in [2.05, 4.69) is 32.5 Å². The largest absolute Gasteiger partial charge is 0.493 e. The van der Waals surface area contributed by atoms with Crippen LogP contribution >= 0.6 is 15.9 Å². The zero-order chi connectivity index (χ0) is 22.2. The van der Waals surface area contributed by atoms with Crippen LogP contribution in [-0.2, 0) is 17.8 Å². The maximum Gasteiger partial charge on any atom is 0.244 e. The molecule has 0 aromatic heterocycles. The molecule has 0 aliphatic carbocycles. The van der Waals surface area contributed by atoms with E-state index in [4.69, 9.17) is 9.47 Å². The lowest BCUT2D eigenvalue weighted by Crippen LogP contribution is -2.20. The van der Waals surface area contributed by atoms with Gasteiger partial charge in [0.25, 0.3) is 0 Å². The average molecular weight is 481 g/mol. The van der Waals surface area contributed by atoms with Crippen molar-refractivity contribution in [3.8, 4) is 11.5 Å². The molecule has 3 aromatic rings. The number of benzene rings is 3. The van der Waals surface area contributed by atoms with Gasteiger partial charge in [0, 0.05) is 0 Å². The number of hydrazone groups is 1. The first kappa shape index (κ1) is 22.6. The summed E-state index contributed by atoms with van der Waals surface area (Å²) >= 11 is 3.54. The van der Waals surface area contributed by atoms with Gasteiger partial charge in [-0.15, -0.1) is 0 Å². The second-order valence-electron chi connectivity index (χ2n) is 7.21. The Hall–Kier alpha value is -3.12. The smallest absolute Gasteiger partial charge is 0.244 e. The normalized spacial score (nSPS) is 10.8. The lowest BCUT2D eigenvalue weighted by Gasteiger charge is -2.13. The van der Waals surface area contributed by atoms with E-state index in [9.17, 15) is 4.79 Å². The van der Waals surface area contributed by atoms with Crippen molar-refractivity contribution < 1.29 is 14.3 Å². The molecular weight excluding hydrogens is 456 g/mol. The Labute approximate surface area is 191 Å². The van der Waals surface area contributed by atoms with E-state index >= 15 is 0 Å². The van der Waals surface area contributed by atoms with E-state index in [1.807, 2.05) is 68.4 Å². The fraction of sp³-hybridized carbons (Fsp3) is 0.200. The second kappa shape index (κ2) is 10.8. The van der Waals surface area contributed by atoms with Gasteiger partial charge in [-0.05, 0) is 64.2 Å². The summed E-state index contributed by atoms with van der Waals surface area (Å²) in [7, 11) is 1.59. The van der Waals surface area contributed by atoms with Gasteiger partial charge in [-0.1, -0.05) is 54.1 Å². The number of carbonyl (C=O) groups excluding carboxylic acids is 1. The van der Waals surface area contributed by atoms with Crippen molar-refractivity contribution in [3.63, 3.8) is 0 Å². The highest BCUT2D eigenvalue weighted by molar-refractivity contribution is 9.10. The van der Waals surface area contributed by atoms with Crippen LogP contribution in [0.2, 0.25) is 0 Å². The summed E-state index contributed by atoms with van der Waals surface area (Å²) in [5.74, 6) is 1.02. The third-order valence-corrected chi connectivity index (χ3v) is 5.32. The minimum atomic E-state index is -0.169. The van der Waals surface area contributed by atoms with Crippen LogP contribution in [0.4, 0.5) is 0 Å². The third kappa shape index (κ3) is 6.43. The molecule has 5 nitrogen and oxygen atoms in total. The number of rotatable bonds is 8. The molecule has 0 bridgehead atoms. The zero-order valence-corrected chi connectivity index (χ0v) is 19.4. The Morgan fingerprint density at radius 1 is 1.10 bits per heavy atom. The molecule has 6 heteroatoms. The number of nitrogens with one attached hydrogen (secondary N) is 1. The number of aryl methyl sites for hydroxylation is 2. The van der Waals surface area contributed by atoms with Gasteiger partial charge in [-0.2, -0.15) is 5.10 Å². The molecule has 0 aliphatic rings. The fourth-order valence-corrected chi connectivity index (χ4v) is 3.69. The molecule has 0 aliphatic heterocycles.